The predicted molar refractivity (Wildman–Crippen MR) is 42.1 cm³/mol. The first-order valence-electron chi connectivity index (χ1n) is 3.06. The average Bonchev–Trinajstić information content (AvgIpc) is 1.81. The Balaban J connectivity index is 4.24. The third kappa shape index (κ3) is 3.37. The van der Waals surface area contributed by atoms with E-state index in [1.807, 2.05) is 0 Å². The van der Waals surface area contributed by atoms with Crippen molar-refractivity contribution in [1.82, 2.24) is 0 Å². The van der Waals surface area contributed by atoms with Gasteiger partial charge in [-0.15, -0.1) is 11.6 Å². The second-order valence-corrected chi connectivity index (χ2v) is 4.65. The highest BCUT2D eigenvalue weighted by atomic mass is 35.5. The molecule has 0 amide bonds. The van der Waals surface area contributed by atoms with Crippen molar-refractivity contribution in [2.24, 2.45) is 0 Å². The van der Waals surface area contributed by atoms with E-state index in [1.54, 1.807) is 0 Å². The van der Waals surface area contributed by atoms with E-state index in [2.05, 4.69) is 0 Å². The van der Waals surface area contributed by atoms with Gasteiger partial charge in [-0.25, -0.2) is 0 Å². The van der Waals surface area contributed by atoms with Crippen LogP contribution in [-0.2, 0) is 10.1 Å². The standard InChI is InChI=1S/C5H11ClO4S/c1-5(7,3-2-4-6)11(8,9)10/h7H,2-4H2,1H3,(H,8,9,10). The summed E-state index contributed by atoms with van der Waals surface area (Å²) < 4.78 is 29.3. The van der Waals surface area contributed by atoms with Gasteiger partial charge in [0.25, 0.3) is 10.1 Å². The Hall–Kier alpha value is 0.160. The average molecular weight is 203 g/mol. The predicted octanol–water partition coefficient (Wildman–Crippen LogP) is 0.602. The lowest BCUT2D eigenvalue weighted by atomic mass is 10.2. The van der Waals surface area contributed by atoms with Crippen molar-refractivity contribution >= 4 is 21.7 Å². The van der Waals surface area contributed by atoms with Gasteiger partial charge >= 0.3 is 0 Å². The molecule has 0 aliphatic rings. The molecule has 2 N–H and O–H groups in total. The van der Waals surface area contributed by atoms with Crippen LogP contribution in [0.4, 0.5) is 0 Å². The molecule has 0 heterocycles. The van der Waals surface area contributed by atoms with Crippen molar-refractivity contribution in [2.45, 2.75) is 24.7 Å². The maximum atomic E-state index is 10.4. The first kappa shape index (κ1) is 11.2. The van der Waals surface area contributed by atoms with E-state index in [9.17, 15) is 8.42 Å². The number of aliphatic hydroxyl groups is 1. The summed E-state index contributed by atoms with van der Waals surface area (Å²) in [5.41, 5.74) is 0. The lowest BCUT2D eigenvalue weighted by molar-refractivity contribution is 0.122. The highest BCUT2D eigenvalue weighted by Gasteiger charge is 2.34. The van der Waals surface area contributed by atoms with Crippen LogP contribution in [0.5, 0.6) is 0 Å². The van der Waals surface area contributed by atoms with Crippen molar-refractivity contribution in [3.63, 3.8) is 0 Å². The Bertz CT molecular complexity index is 209. The third-order valence-electron chi connectivity index (χ3n) is 1.33. The summed E-state index contributed by atoms with van der Waals surface area (Å²) >= 11 is 5.27. The van der Waals surface area contributed by atoms with Gasteiger partial charge in [-0.1, -0.05) is 0 Å². The van der Waals surface area contributed by atoms with Crippen LogP contribution in [0, 0.1) is 0 Å². The number of halogens is 1. The minimum absolute atomic E-state index is 0.0602. The molecule has 4 nitrogen and oxygen atoms in total. The van der Waals surface area contributed by atoms with Crippen LogP contribution in [0.2, 0.25) is 0 Å². The zero-order valence-electron chi connectivity index (χ0n) is 6.12. The normalized spacial score (nSPS) is 17.8. The molecule has 0 aliphatic carbocycles. The summed E-state index contributed by atoms with van der Waals surface area (Å²) in [5.74, 6) is 0.256. The number of alkyl halides is 1. The van der Waals surface area contributed by atoms with Gasteiger partial charge in [0.1, 0.15) is 0 Å². The molecule has 6 heteroatoms. The van der Waals surface area contributed by atoms with E-state index in [-0.39, 0.29) is 12.3 Å². The molecule has 0 rings (SSSR count). The lowest BCUT2D eigenvalue weighted by Crippen LogP contribution is -2.34. The first-order valence-corrected chi connectivity index (χ1v) is 5.04. The maximum Gasteiger partial charge on any atom is 0.294 e. The van der Waals surface area contributed by atoms with E-state index >= 15 is 0 Å². The molecule has 11 heavy (non-hydrogen) atoms. The third-order valence-corrected chi connectivity index (χ3v) is 2.91. The van der Waals surface area contributed by atoms with Gasteiger partial charge in [0.2, 0.25) is 0 Å². The molecule has 0 saturated heterocycles. The molecule has 1 atom stereocenters. The Labute approximate surface area is 70.9 Å². The molecule has 0 bridgehead atoms. The molecule has 0 spiro atoms. The lowest BCUT2D eigenvalue weighted by Gasteiger charge is -2.18. The molecule has 68 valence electrons. The van der Waals surface area contributed by atoms with Crippen LogP contribution in [0.3, 0.4) is 0 Å². The highest BCUT2D eigenvalue weighted by Crippen LogP contribution is 2.18. The molecule has 0 aromatic carbocycles. The molecule has 0 aliphatic heterocycles. The van der Waals surface area contributed by atoms with Crippen LogP contribution >= 0.6 is 11.6 Å². The van der Waals surface area contributed by atoms with Crippen molar-refractivity contribution in [3.8, 4) is 0 Å². The summed E-state index contributed by atoms with van der Waals surface area (Å²) in [6.45, 7) is 1.04. The Morgan fingerprint density at radius 1 is 1.55 bits per heavy atom. The summed E-state index contributed by atoms with van der Waals surface area (Å²) in [7, 11) is -4.38. The van der Waals surface area contributed by atoms with Crippen LogP contribution < -0.4 is 0 Å². The zero-order chi connectivity index (χ0) is 9.12. The minimum atomic E-state index is -4.38. The van der Waals surface area contributed by atoms with Crippen LogP contribution in [0.15, 0.2) is 0 Å². The fraction of sp³-hybridized carbons (Fsp3) is 1.00. The molecule has 1 unspecified atom stereocenters. The van der Waals surface area contributed by atoms with Crippen LogP contribution in [-0.4, -0.2) is 28.9 Å². The number of hydrogen-bond acceptors (Lipinski definition) is 3. The Morgan fingerprint density at radius 3 is 2.27 bits per heavy atom. The summed E-state index contributed by atoms with van der Waals surface area (Å²) in [6.07, 6.45) is 0.281. The van der Waals surface area contributed by atoms with Crippen LogP contribution in [0.1, 0.15) is 19.8 Å². The van der Waals surface area contributed by atoms with E-state index in [4.69, 9.17) is 21.3 Å². The first-order chi connectivity index (χ1) is 4.81. The van der Waals surface area contributed by atoms with E-state index < -0.39 is 15.1 Å². The van der Waals surface area contributed by atoms with Gasteiger partial charge in [-0.2, -0.15) is 8.42 Å². The van der Waals surface area contributed by atoms with E-state index in [1.165, 1.54) is 0 Å². The highest BCUT2D eigenvalue weighted by molar-refractivity contribution is 7.87. The topological polar surface area (TPSA) is 74.6 Å². The molecular formula is C5H11ClO4S. The summed E-state index contributed by atoms with van der Waals surface area (Å²) in [6, 6.07) is 0. The van der Waals surface area contributed by atoms with Gasteiger partial charge in [0.05, 0.1) is 0 Å². The SMILES string of the molecule is CC(O)(CCCCl)S(=O)(=O)O. The second kappa shape index (κ2) is 3.71. The second-order valence-electron chi connectivity index (χ2n) is 2.44. The van der Waals surface area contributed by atoms with Gasteiger partial charge in [0.15, 0.2) is 4.93 Å². The Kier molecular flexibility index (Phi) is 3.76. The smallest absolute Gasteiger partial charge is 0.294 e. The molecule has 0 saturated carbocycles. The van der Waals surface area contributed by atoms with Crippen molar-refractivity contribution < 1.29 is 18.1 Å². The van der Waals surface area contributed by atoms with E-state index in [0.717, 1.165) is 6.92 Å². The fourth-order valence-corrected chi connectivity index (χ4v) is 1.06. The van der Waals surface area contributed by atoms with Gasteiger partial charge in [0, 0.05) is 5.88 Å². The molecule has 0 radical (unpaired) electrons. The zero-order valence-corrected chi connectivity index (χ0v) is 7.69. The quantitative estimate of drug-likeness (QED) is 0.517. The summed E-state index contributed by atoms with van der Waals surface area (Å²) in [4.78, 5) is -2.07. The molecule has 0 fully saturated rings. The Morgan fingerprint density at radius 2 is 2.00 bits per heavy atom. The van der Waals surface area contributed by atoms with Gasteiger partial charge < -0.3 is 5.11 Å². The van der Waals surface area contributed by atoms with Gasteiger partial charge in [-0.05, 0) is 19.8 Å². The van der Waals surface area contributed by atoms with Crippen molar-refractivity contribution in [2.75, 3.05) is 5.88 Å². The van der Waals surface area contributed by atoms with Gasteiger partial charge in [-0.3, -0.25) is 4.55 Å². The monoisotopic (exact) mass is 202 g/mol. The van der Waals surface area contributed by atoms with Crippen LogP contribution in [0.25, 0.3) is 0 Å². The fourth-order valence-electron chi connectivity index (χ4n) is 0.524. The van der Waals surface area contributed by atoms with Crippen molar-refractivity contribution in [3.05, 3.63) is 0 Å². The molecule has 0 aromatic rings. The molecular weight excluding hydrogens is 192 g/mol. The summed E-state index contributed by atoms with van der Waals surface area (Å²) in [5, 5.41) is 9.09. The maximum absolute atomic E-state index is 10.4. The van der Waals surface area contributed by atoms with E-state index in [0.29, 0.717) is 6.42 Å². The number of hydrogen-bond donors (Lipinski definition) is 2. The molecule has 0 aromatic heterocycles. The minimum Gasteiger partial charge on any atom is -0.373 e. The van der Waals surface area contributed by atoms with Crippen molar-refractivity contribution in [1.29, 1.82) is 0 Å². The largest absolute Gasteiger partial charge is 0.373 e. The number of rotatable bonds is 4.